The Balaban J connectivity index is 2.00. The van der Waals surface area contributed by atoms with Crippen molar-refractivity contribution < 1.29 is 4.74 Å². The van der Waals surface area contributed by atoms with Crippen LogP contribution < -0.4 is 10.1 Å². The Morgan fingerprint density at radius 3 is 2.57 bits per heavy atom. The number of hydrogen-bond acceptors (Lipinski definition) is 2. The summed E-state index contributed by atoms with van der Waals surface area (Å²) in [5, 5.41) is 3.66. The minimum Gasteiger partial charge on any atom is -0.494 e. The van der Waals surface area contributed by atoms with Gasteiger partial charge in [-0.25, -0.2) is 0 Å². The van der Waals surface area contributed by atoms with Crippen molar-refractivity contribution in [2.75, 3.05) is 13.2 Å². The molecule has 1 atom stereocenters. The smallest absolute Gasteiger partial charge is 0.119 e. The molecule has 110 valence electrons. The first-order valence-electron chi connectivity index (χ1n) is 7.74. The van der Waals surface area contributed by atoms with Crippen LogP contribution in [0.3, 0.4) is 0 Å². The van der Waals surface area contributed by atoms with E-state index in [1.165, 1.54) is 27.8 Å². The summed E-state index contributed by atoms with van der Waals surface area (Å²) in [6.45, 7) is 8.09. The lowest BCUT2D eigenvalue weighted by Crippen LogP contribution is -2.30. The van der Waals surface area contributed by atoms with Crippen LogP contribution in [0.5, 0.6) is 5.75 Å². The fourth-order valence-electron chi connectivity index (χ4n) is 3.27. The molecule has 2 aromatic carbocycles. The molecule has 21 heavy (non-hydrogen) atoms. The fourth-order valence-corrected chi connectivity index (χ4v) is 3.27. The van der Waals surface area contributed by atoms with Gasteiger partial charge in [-0.2, -0.15) is 0 Å². The van der Waals surface area contributed by atoms with Gasteiger partial charge in [0.2, 0.25) is 0 Å². The summed E-state index contributed by atoms with van der Waals surface area (Å²) < 4.78 is 5.63. The van der Waals surface area contributed by atoms with Gasteiger partial charge >= 0.3 is 0 Å². The maximum Gasteiger partial charge on any atom is 0.119 e. The maximum atomic E-state index is 5.63. The normalized spacial score (nSPS) is 17.4. The third-order valence-electron chi connectivity index (χ3n) is 4.06. The Kier molecular flexibility index (Phi) is 3.98. The number of aryl methyl sites for hydroxylation is 2. The van der Waals surface area contributed by atoms with Crippen LogP contribution >= 0.6 is 0 Å². The zero-order valence-electron chi connectivity index (χ0n) is 13.1. The van der Waals surface area contributed by atoms with Crippen LogP contribution in [0.4, 0.5) is 0 Å². The van der Waals surface area contributed by atoms with Gasteiger partial charge in [0.1, 0.15) is 5.75 Å². The molecule has 0 amide bonds. The monoisotopic (exact) mass is 281 g/mol. The summed E-state index contributed by atoms with van der Waals surface area (Å²) >= 11 is 0. The van der Waals surface area contributed by atoms with E-state index in [1.807, 2.05) is 6.92 Å². The molecule has 2 nitrogen and oxygen atoms in total. The number of hydrogen-bond donors (Lipinski definition) is 1. The van der Waals surface area contributed by atoms with E-state index in [2.05, 4.69) is 55.6 Å². The Morgan fingerprint density at radius 1 is 1.10 bits per heavy atom. The standard InChI is InChI=1S/C19H23NO/c1-4-21-17-5-6-18-15(12-17)7-8-20-19(18)16-10-13(2)9-14(3)11-16/h5-6,9-12,19-20H,4,7-8H2,1-3H3. The van der Waals surface area contributed by atoms with E-state index >= 15 is 0 Å². The van der Waals surface area contributed by atoms with Gasteiger partial charge in [0.25, 0.3) is 0 Å². The average Bonchev–Trinajstić information content (AvgIpc) is 2.45. The second-order valence-corrected chi connectivity index (χ2v) is 5.85. The molecule has 2 heteroatoms. The van der Waals surface area contributed by atoms with Crippen LogP contribution in [0.15, 0.2) is 36.4 Å². The summed E-state index contributed by atoms with van der Waals surface area (Å²) in [4.78, 5) is 0. The van der Waals surface area contributed by atoms with Gasteiger partial charge in [-0.3, -0.25) is 0 Å². The van der Waals surface area contributed by atoms with Crippen molar-refractivity contribution in [3.63, 3.8) is 0 Å². The first-order valence-corrected chi connectivity index (χ1v) is 7.74. The lowest BCUT2D eigenvalue weighted by molar-refractivity contribution is 0.339. The van der Waals surface area contributed by atoms with Crippen LogP contribution in [0.2, 0.25) is 0 Å². The third-order valence-corrected chi connectivity index (χ3v) is 4.06. The van der Waals surface area contributed by atoms with Crippen molar-refractivity contribution in [2.45, 2.75) is 33.2 Å². The van der Waals surface area contributed by atoms with Crippen molar-refractivity contribution in [3.8, 4) is 5.75 Å². The van der Waals surface area contributed by atoms with E-state index in [9.17, 15) is 0 Å². The number of fused-ring (bicyclic) bond motifs is 1. The molecule has 0 aromatic heterocycles. The average molecular weight is 281 g/mol. The van der Waals surface area contributed by atoms with Crippen molar-refractivity contribution in [1.82, 2.24) is 5.32 Å². The Morgan fingerprint density at radius 2 is 1.86 bits per heavy atom. The number of rotatable bonds is 3. The minimum atomic E-state index is 0.294. The molecule has 1 aliphatic rings. The van der Waals surface area contributed by atoms with Crippen molar-refractivity contribution >= 4 is 0 Å². The fraction of sp³-hybridized carbons (Fsp3) is 0.368. The van der Waals surface area contributed by atoms with E-state index in [0.29, 0.717) is 6.04 Å². The largest absolute Gasteiger partial charge is 0.494 e. The van der Waals surface area contributed by atoms with Gasteiger partial charge in [0.05, 0.1) is 12.6 Å². The third kappa shape index (κ3) is 2.96. The molecule has 0 radical (unpaired) electrons. The van der Waals surface area contributed by atoms with Gasteiger partial charge in [0, 0.05) is 6.54 Å². The number of benzene rings is 2. The molecule has 0 aliphatic carbocycles. The van der Waals surface area contributed by atoms with E-state index in [-0.39, 0.29) is 0 Å². The molecule has 1 aliphatic heterocycles. The van der Waals surface area contributed by atoms with Crippen molar-refractivity contribution in [3.05, 3.63) is 64.2 Å². The Labute approximate surface area is 127 Å². The van der Waals surface area contributed by atoms with Gasteiger partial charge in [-0.1, -0.05) is 35.4 Å². The highest BCUT2D eigenvalue weighted by Gasteiger charge is 2.22. The van der Waals surface area contributed by atoms with E-state index < -0.39 is 0 Å². The lowest BCUT2D eigenvalue weighted by atomic mass is 9.88. The first kappa shape index (κ1) is 14.2. The molecule has 0 saturated carbocycles. The predicted octanol–water partition coefficient (Wildman–Crippen LogP) is 3.94. The summed E-state index contributed by atoms with van der Waals surface area (Å²) in [6, 6.07) is 13.6. The van der Waals surface area contributed by atoms with Gasteiger partial charge in [-0.15, -0.1) is 0 Å². The molecular formula is C19H23NO. The van der Waals surface area contributed by atoms with E-state index in [0.717, 1.165) is 25.3 Å². The molecule has 1 heterocycles. The number of nitrogens with one attached hydrogen (secondary N) is 1. The summed E-state index contributed by atoms with van der Waals surface area (Å²) in [5.74, 6) is 0.984. The lowest BCUT2D eigenvalue weighted by Gasteiger charge is -2.28. The summed E-state index contributed by atoms with van der Waals surface area (Å²) in [7, 11) is 0. The maximum absolute atomic E-state index is 5.63. The second kappa shape index (κ2) is 5.90. The molecule has 0 bridgehead atoms. The van der Waals surface area contributed by atoms with Gasteiger partial charge in [0.15, 0.2) is 0 Å². The molecule has 0 spiro atoms. The molecule has 3 rings (SSSR count). The zero-order valence-corrected chi connectivity index (χ0v) is 13.1. The van der Waals surface area contributed by atoms with E-state index in [1.54, 1.807) is 0 Å². The Bertz CT molecular complexity index is 628. The van der Waals surface area contributed by atoms with Crippen molar-refractivity contribution in [2.24, 2.45) is 0 Å². The van der Waals surface area contributed by atoms with Gasteiger partial charge < -0.3 is 10.1 Å². The SMILES string of the molecule is CCOc1ccc2c(c1)CCNC2c1cc(C)cc(C)c1. The quantitative estimate of drug-likeness (QED) is 0.920. The summed E-state index contributed by atoms with van der Waals surface area (Å²) in [6.07, 6.45) is 1.07. The predicted molar refractivity (Wildman–Crippen MR) is 87.1 cm³/mol. The summed E-state index contributed by atoms with van der Waals surface area (Å²) in [5.41, 5.74) is 6.80. The molecule has 0 saturated heterocycles. The molecule has 1 N–H and O–H groups in total. The van der Waals surface area contributed by atoms with E-state index in [4.69, 9.17) is 4.74 Å². The molecular weight excluding hydrogens is 258 g/mol. The minimum absolute atomic E-state index is 0.294. The van der Waals surface area contributed by atoms with Crippen LogP contribution in [0.1, 0.15) is 40.8 Å². The highest BCUT2D eigenvalue weighted by Crippen LogP contribution is 2.32. The first-order chi connectivity index (χ1) is 10.2. The van der Waals surface area contributed by atoms with Gasteiger partial charge in [-0.05, 0) is 56.0 Å². The van der Waals surface area contributed by atoms with Crippen LogP contribution in [-0.2, 0) is 6.42 Å². The van der Waals surface area contributed by atoms with Crippen LogP contribution in [0.25, 0.3) is 0 Å². The van der Waals surface area contributed by atoms with Crippen molar-refractivity contribution in [1.29, 1.82) is 0 Å². The van der Waals surface area contributed by atoms with Crippen LogP contribution in [0, 0.1) is 13.8 Å². The topological polar surface area (TPSA) is 21.3 Å². The van der Waals surface area contributed by atoms with Crippen LogP contribution in [-0.4, -0.2) is 13.2 Å². The highest BCUT2D eigenvalue weighted by atomic mass is 16.5. The molecule has 1 unspecified atom stereocenters. The highest BCUT2D eigenvalue weighted by molar-refractivity contribution is 5.45. The molecule has 2 aromatic rings. The second-order valence-electron chi connectivity index (χ2n) is 5.85. The molecule has 0 fully saturated rings. The zero-order chi connectivity index (χ0) is 14.8. The Hall–Kier alpha value is -1.80. The number of ether oxygens (including phenoxy) is 1.